The van der Waals surface area contributed by atoms with Crippen LogP contribution in [0.25, 0.3) is 0 Å². The number of rotatable bonds is 8. The van der Waals surface area contributed by atoms with Crippen LogP contribution in [0.15, 0.2) is 66.7 Å². The lowest BCUT2D eigenvalue weighted by molar-refractivity contribution is -0.139. The minimum atomic E-state index is -1.15. The number of hydrogen-bond donors (Lipinski definition) is 4. The van der Waals surface area contributed by atoms with E-state index in [9.17, 15) is 24.6 Å². The lowest BCUT2D eigenvalue weighted by Crippen LogP contribution is -2.52. The Bertz CT molecular complexity index is 1330. The standard InChI is InChI=1S/C30H34ClN3O6/c1-18-7-6-8-23(31)25(18)33-27(37)26(20-11-15-22(36)16-12-20)34(5)28(38)24(32-29(39)40-30(2,3)4)17-19-9-13-21(35)14-10-19/h6-16,24,26,35-36H,17H2,1-5H3,(H,32,39)(H,33,37). The Balaban J connectivity index is 1.97. The van der Waals surface area contributed by atoms with Gasteiger partial charge in [0, 0.05) is 13.5 Å². The Morgan fingerprint density at radius 3 is 2.08 bits per heavy atom. The topological polar surface area (TPSA) is 128 Å². The zero-order valence-electron chi connectivity index (χ0n) is 23.1. The summed E-state index contributed by atoms with van der Waals surface area (Å²) >= 11 is 6.34. The average molecular weight is 568 g/mol. The van der Waals surface area contributed by atoms with Crippen LogP contribution >= 0.6 is 11.6 Å². The zero-order valence-corrected chi connectivity index (χ0v) is 23.8. The van der Waals surface area contributed by atoms with Gasteiger partial charge in [-0.3, -0.25) is 9.59 Å². The summed E-state index contributed by atoms with van der Waals surface area (Å²) < 4.78 is 5.38. The summed E-state index contributed by atoms with van der Waals surface area (Å²) in [6.07, 6.45) is -0.730. The molecule has 10 heteroatoms. The number of carbonyl (C=O) groups excluding carboxylic acids is 3. The number of aromatic hydroxyl groups is 2. The third-order valence-electron chi connectivity index (χ3n) is 6.03. The van der Waals surface area contributed by atoms with Gasteiger partial charge in [-0.15, -0.1) is 0 Å². The van der Waals surface area contributed by atoms with E-state index < -0.39 is 35.6 Å². The van der Waals surface area contributed by atoms with E-state index in [0.29, 0.717) is 21.8 Å². The SMILES string of the molecule is Cc1cccc(Cl)c1NC(=O)C(c1ccc(O)cc1)N(C)C(=O)C(Cc1ccc(O)cc1)NC(=O)OC(C)(C)C. The quantitative estimate of drug-likeness (QED) is 0.291. The maximum absolute atomic E-state index is 13.9. The van der Waals surface area contributed by atoms with Gasteiger partial charge in [0.05, 0.1) is 10.7 Å². The molecule has 0 bridgehead atoms. The van der Waals surface area contributed by atoms with E-state index in [1.165, 1.54) is 36.2 Å². The Morgan fingerprint density at radius 2 is 1.52 bits per heavy atom. The van der Waals surface area contributed by atoms with Crippen LogP contribution in [-0.4, -0.2) is 51.7 Å². The molecular weight excluding hydrogens is 534 g/mol. The molecule has 0 aromatic heterocycles. The zero-order chi connectivity index (χ0) is 29.6. The first-order chi connectivity index (χ1) is 18.7. The molecule has 0 heterocycles. The lowest BCUT2D eigenvalue weighted by Gasteiger charge is -2.32. The number of amides is 3. The summed E-state index contributed by atoms with van der Waals surface area (Å²) in [7, 11) is 1.46. The van der Waals surface area contributed by atoms with Crippen molar-refractivity contribution in [2.45, 2.75) is 51.8 Å². The Labute approximate surface area is 238 Å². The number of benzene rings is 3. The summed E-state index contributed by atoms with van der Waals surface area (Å²) in [6, 6.07) is 15.1. The molecule has 3 aromatic rings. The number of halogens is 1. The fraction of sp³-hybridized carbons (Fsp3) is 0.300. The van der Waals surface area contributed by atoms with E-state index in [4.69, 9.17) is 16.3 Å². The van der Waals surface area contributed by atoms with E-state index in [1.807, 2.05) is 0 Å². The maximum Gasteiger partial charge on any atom is 0.408 e. The second kappa shape index (κ2) is 12.7. The molecule has 3 amide bonds. The predicted octanol–water partition coefficient (Wildman–Crippen LogP) is 5.33. The largest absolute Gasteiger partial charge is 0.508 e. The smallest absolute Gasteiger partial charge is 0.408 e. The van der Waals surface area contributed by atoms with Crippen LogP contribution in [0.1, 0.15) is 43.5 Å². The normalized spacial score (nSPS) is 12.7. The number of nitrogens with zero attached hydrogens (tertiary/aromatic N) is 1. The second-order valence-electron chi connectivity index (χ2n) is 10.4. The van der Waals surface area contributed by atoms with E-state index in [-0.39, 0.29) is 17.9 Å². The molecule has 2 unspecified atom stereocenters. The van der Waals surface area contributed by atoms with Crippen LogP contribution in [0.5, 0.6) is 11.5 Å². The lowest BCUT2D eigenvalue weighted by atomic mass is 10.0. The highest BCUT2D eigenvalue weighted by Gasteiger charge is 2.34. The number of phenols is 2. The van der Waals surface area contributed by atoms with Crippen LogP contribution < -0.4 is 10.6 Å². The highest BCUT2D eigenvalue weighted by Crippen LogP contribution is 2.29. The fourth-order valence-electron chi connectivity index (χ4n) is 4.08. The number of phenolic OH excluding ortho intramolecular Hbond substituents is 2. The van der Waals surface area contributed by atoms with Crippen molar-refractivity contribution >= 4 is 35.2 Å². The third kappa shape index (κ3) is 8.13. The molecule has 40 heavy (non-hydrogen) atoms. The van der Waals surface area contributed by atoms with Crippen molar-refractivity contribution < 1.29 is 29.3 Å². The minimum Gasteiger partial charge on any atom is -0.508 e. The van der Waals surface area contributed by atoms with Gasteiger partial charge in [-0.2, -0.15) is 0 Å². The summed E-state index contributed by atoms with van der Waals surface area (Å²) in [5, 5.41) is 25.3. The number of nitrogens with one attached hydrogen (secondary N) is 2. The summed E-state index contributed by atoms with van der Waals surface area (Å²) in [5.41, 5.74) is 1.43. The van der Waals surface area contributed by atoms with Crippen LogP contribution in [0.2, 0.25) is 5.02 Å². The molecule has 3 rings (SSSR count). The predicted molar refractivity (Wildman–Crippen MR) is 153 cm³/mol. The van der Waals surface area contributed by atoms with Crippen LogP contribution in [0.4, 0.5) is 10.5 Å². The number of alkyl carbamates (subject to hydrolysis) is 1. The number of hydrogen-bond acceptors (Lipinski definition) is 6. The summed E-state index contributed by atoms with van der Waals surface area (Å²) in [5.74, 6) is -1.06. The molecule has 212 valence electrons. The van der Waals surface area contributed by atoms with Crippen molar-refractivity contribution in [3.05, 3.63) is 88.4 Å². The maximum atomic E-state index is 13.9. The van der Waals surface area contributed by atoms with Crippen molar-refractivity contribution in [2.24, 2.45) is 0 Å². The molecule has 0 aliphatic rings. The van der Waals surface area contributed by atoms with Gasteiger partial charge in [-0.25, -0.2) is 4.79 Å². The first kappa shape index (κ1) is 30.3. The molecular formula is C30H34ClN3O6. The molecule has 0 aliphatic heterocycles. The Morgan fingerprint density at radius 1 is 0.950 bits per heavy atom. The van der Waals surface area contributed by atoms with Crippen molar-refractivity contribution in [3.63, 3.8) is 0 Å². The highest BCUT2D eigenvalue weighted by molar-refractivity contribution is 6.34. The summed E-state index contributed by atoms with van der Waals surface area (Å²) in [4.78, 5) is 41.6. The van der Waals surface area contributed by atoms with Crippen LogP contribution in [0, 0.1) is 6.92 Å². The molecule has 0 saturated heterocycles. The molecule has 4 N–H and O–H groups in total. The Hall–Kier alpha value is -4.24. The number of para-hydroxylation sites is 1. The first-order valence-corrected chi connectivity index (χ1v) is 13.0. The van der Waals surface area contributed by atoms with Crippen molar-refractivity contribution in [3.8, 4) is 11.5 Å². The number of ether oxygens (including phenoxy) is 1. The molecule has 0 aliphatic carbocycles. The monoisotopic (exact) mass is 567 g/mol. The molecule has 0 spiro atoms. The van der Waals surface area contributed by atoms with Gasteiger partial charge in [0.15, 0.2) is 0 Å². The molecule has 0 saturated carbocycles. The van der Waals surface area contributed by atoms with Gasteiger partial charge in [-0.1, -0.05) is 48.0 Å². The number of likely N-dealkylation sites (N-methyl/N-ethyl adjacent to an activating group) is 1. The fourth-order valence-corrected chi connectivity index (χ4v) is 4.35. The van der Waals surface area contributed by atoms with Crippen LogP contribution in [-0.2, 0) is 20.7 Å². The molecule has 9 nitrogen and oxygen atoms in total. The van der Waals surface area contributed by atoms with E-state index in [0.717, 1.165) is 5.56 Å². The van der Waals surface area contributed by atoms with Gasteiger partial charge >= 0.3 is 6.09 Å². The third-order valence-corrected chi connectivity index (χ3v) is 6.34. The van der Waals surface area contributed by atoms with Crippen LogP contribution in [0.3, 0.4) is 0 Å². The van der Waals surface area contributed by atoms with Crippen molar-refractivity contribution in [2.75, 3.05) is 12.4 Å². The number of carbonyl (C=O) groups is 3. The van der Waals surface area contributed by atoms with Gasteiger partial charge in [0.2, 0.25) is 5.91 Å². The molecule has 0 radical (unpaired) electrons. The van der Waals surface area contributed by atoms with Gasteiger partial charge < -0.3 is 30.5 Å². The van der Waals surface area contributed by atoms with E-state index >= 15 is 0 Å². The highest BCUT2D eigenvalue weighted by atomic mass is 35.5. The second-order valence-corrected chi connectivity index (χ2v) is 10.8. The number of aryl methyl sites for hydroxylation is 1. The summed E-state index contributed by atoms with van der Waals surface area (Å²) in [6.45, 7) is 6.91. The molecule has 3 aromatic carbocycles. The van der Waals surface area contributed by atoms with Gasteiger partial charge in [0.25, 0.3) is 5.91 Å². The minimum absolute atomic E-state index is 0.00404. The molecule has 0 fully saturated rings. The average Bonchev–Trinajstić information content (AvgIpc) is 2.87. The van der Waals surface area contributed by atoms with E-state index in [2.05, 4.69) is 10.6 Å². The van der Waals surface area contributed by atoms with Gasteiger partial charge in [-0.05, 0) is 74.7 Å². The van der Waals surface area contributed by atoms with Crippen molar-refractivity contribution in [1.82, 2.24) is 10.2 Å². The van der Waals surface area contributed by atoms with Gasteiger partial charge in [0.1, 0.15) is 29.2 Å². The van der Waals surface area contributed by atoms with Crippen molar-refractivity contribution in [1.29, 1.82) is 0 Å². The Kier molecular flexibility index (Phi) is 9.65. The van der Waals surface area contributed by atoms with E-state index in [1.54, 1.807) is 70.2 Å². The molecule has 2 atom stereocenters. The first-order valence-electron chi connectivity index (χ1n) is 12.6. The number of anilines is 1.